The maximum absolute atomic E-state index is 11.1. The second-order valence-corrected chi connectivity index (χ2v) is 10.8. The summed E-state index contributed by atoms with van der Waals surface area (Å²) in [6.07, 6.45) is 10.9. The van der Waals surface area contributed by atoms with E-state index in [4.69, 9.17) is 13.9 Å². The summed E-state index contributed by atoms with van der Waals surface area (Å²) >= 11 is 0. The first-order chi connectivity index (χ1) is 14.1. The largest absolute Gasteiger partial charge is 0.472 e. The van der Waals surface area contributed by atoms with Gasteiger partial charge in [-0.1, -0.05) is 93.9 Å². The van der Waals surface area contributed by atoms with Crippen LogP contribution >= 0.6 is 7.82 Å². The summed E-state index contributed by atoms with van der Waals surface area (Å²) in [6.45, 7) is 19.8. The van der Waals surface area contributed by atoms with Gasteiger partial charge in [0.05, 0.1) is 13.2 Å². The zero-order chi connectivity index (χ0) is 23.4. The molecule has 0 aliphatic carbocycles. The molecule has 0 aromatic rings. The third-order valence-electron chi connectivity index (χ3n) is 5.09. The van der Waals surface area contributed by atoms with Crippen LogP contribution in [0.15, 0.2) is 0 Å². The van der Waals surface area contributed by atoms with Gasteiger partial charge in [0.1, 0.15) is 0 Å². The highest BCUT2D eigenvalue weighted by molar-refractivity contribution is 7.47. The number of phosphoric acid groups is 1. The molecule has 30 heavy (non-hydrogen) atoms. The number of rotatable bonds is 18. The lowest BCUT2D eigenvalue weighted by Gasteiger charge is -2.19. The number of hydrogen-bond donors (Lipinski definition) is 2. The van der Waals surface area contributed by atoms with Crippen molar-refractivity contribution in [3.8, 4) is 0 Å². The monoisotopic (exact) mass is 451 g/mol. The average Bonchev–Trinajstić information content (AvgIpc) is 2.70. The molecule has 0 amide bonds. The predicted molar refractivity (Wildman–Crippen MR) is 131 cm³/mol. The lowest BCUT2D eigenvalue weighted by atomic mass is 9.97. The van der Waals surface area contributed by atoms with Crippen molar-refractivity contribution in [1.29, 1.82) is 0 Å². The summed E-state index contributed by atoms with van der Waals surface area (Å²) < 4.78 is 20.6. The van der Waals surface area contributed by atoms with Crippen LogP contribution in [-0.2, 0) is 13.6 Å². The average molecular weight is 452 g/mol. The Morgan fingerprint density at radius 3 is 1.40 bits per heavy atom. The number of nitrogens with one attached hydrogen (secondary N) is 1. The molecule has 0 heterocycles. The first-order valence-corrected chi connectivity index (χ1v) is 13.9. The van der Waals surface area contributed by atoms with E-state index in [1.807, 2.05) is 27.7 Å². The smallest absolute Gasteiger partial charge is 0.316 e. The number of unbranched alkanes of at least 4 members (excludes halogenated alkanes) is 2. The lowest BCUT2D eigenvalue weighted by Crippen LogP contribution is -2.28. The van der Waals surface area contributed by atoms with Crippen molar-refractivity contribution in [2.45, 2.75) is 107 Å². The zero-order valence-electron chi connectivity index (χ0n) is 21.4. The van der Waals surface area contributed by atoms with Crippen LogP contribution in [0, 0.1) is 23.7 Å². The number of hydrogen-bond acceptors (Lipinski definition) is 4. The van der Waals surface area contributed by atoms with E-state index in [0.29, 0.717) is 0 Å². The Morgan fingerprint density at radius 2 is 1.13 bits per heavy atom. The molecule has 0 saturated heterocycles. The standard InChI is InChI=1S/C16H35N.C8H19O4P/c1-5-9-11-15(7-3)13-17-14-16(8-4)12-10-6-2;1-7(2)5-11-13(9,10)12-6-8(3)4/h15-17H,5-14H2,1-4H3;7-8H,5-6H2,1-4H3,(H,9,10). The Hall–Kier alpha value is 0.0700. The second-order valence-electron chi connectivity index (χ2n) is 9.34. The van der Waals surface area contributed by atoms with E-state index in [9.17, 15) is 4.57 Å². The van der Waals surface area contributed by atoms with Crippen LogP contribution in [0.2, 0.25) is 0 Å². The summed E-state index contributed by atoms with van der Waals surface area (Å²) in [4.78, 5) is 9.12. The molecule has 0 aromatic carbocycles. The minimum Gasteiger partial charge on any atom is -0.316 e. The second kappa shape index (κ2) is 20.9. The molecule has 0 aromatic heterocycles. The topological polar surface area (TPSA) is 67.8 Å². The quantitative estimate of drug-likeness (QED) is 0.212. The molecule has 5 nitrogen and oxygen atoms in total. The van der Waals surface area contributed by atoms with Gasteiger partial charge >= 0.3 is 7.82 Å². The Morgan fingerprint density at radius 1 is 0.767 bits per heavy atom. The van der Waals surface area contributed by atoms with Crippen molar-refractivity contribution in [1.82, 2.24) is 5.32 Å². The van der Waals surface area contributed by atoms with Gasteiger partial charge in [0.2, 0.25) is 0 Å². The fourth-order valence-corrected chi connectivity index (χ4v) is 3.95. The van der Waals surface area contributed by atoms with Crippen molar-refractivity contribution in [2.24, 2.45) is 23.7 Å². The fourth-order valence-electron chi connectivity index (χ4n) is 2.90. The van der Waals surface area contributed by atoms with Crippen LogP contribution < -0.4 is 5.32 Å². The van der Waals surface area contributed by atoms with Gasteiger partial charge in [0, 0.05) is 0 Å². The Kier molecular flexibility index (Phi) is 22.5. The maximum atomic E-state index is 11.1. The molecule has 0 rings (SSSR count). The Bertz CT molecular complexity index is 373. The lowest BCUT2D eigenvalue weighted by molar-refractivity contribution is 0.126. The summed E-state index contributed by atoms with van der Waals surface area (Å²) in [5, 5.41) is 3.71. The molecule has 0 aliphatic rings. The molecule has 0 bridgehead atoms. The zero-order valence-corrected chi connectivity index (χ0v) is 22.3. The molecule has 2 unspecified atom stereocenters. The van der Waals surface area contributed by atoms with E-state index < -0.39 is 7.82 Å². The minimum atomic E-state index is -3.80. The third-order valence-corrected chi connectivity index (χ3v) is 6.05. The molecule has 184 valence electrons. The van der Waals surface area contributed by atoms with Crippen LogP contribution in [-0.4, -0.2) is 31.2 Å². The van der Waals surface area contributed by atoms with Gasteiger partial charge in [0.15, 0.2) is 0 Å². The fraction of sp³-hybridized carbons (Fsp3) is 1.00. The highest BCUT2D eigenvalue weighted by Gasteiger charge is 2.21. The van der Waals surface area contributed by atoms with E-state index in [2.05, 4.69) is 33.0 Å². The van der Waals surface area contributed by atoms with Gasteiger partial charge in [-0.2, -0.15) is 0 Å². The van der Waals surface area contributed by atoms with Crippen molar-refractivity contribution < 1.29 is 18.5 Å². The van der Waals surface area contributed by atoms with Crippen molar-refractivity contribution >= 4 is 7.82 Å². The van der Waals surface area contributed by atoms with Gasteiger partial charge in [-0.25, -0.2) is 4.57 Å². The van der Waals surface area contributed by atoms with Crippen molar-refractivity contribution in [2.75, 3.05) is 26.3 Å². The van der Waals surface area contributed by atoms with E-state index in [-0.39, 0.29) is 25.0 Å². The third kappa shape index (κ3) is 22.7. The van der Waals surface area contributed by atoms with Gasteiger partial charge in [-0.05, 0) is 49.6 Å². The van der Waals surface area contributed by atoms with Crippen LogP contribution in [0.25, 0.3) is 0 Å². The van der Waals surface area contributed by atoms with Crippen LogP contribution in [0.1, 0.15) is 107 Å². The molecular formula is C24H54NO4P. The highest BCUT2D eigenvalue weighted by Crippen LogP contribution is 2.43. The summed E-state index contributed by atoms with van der Waals surface area (Å²) in [7, 11) is -3.80. The SMILES string of the molecule is CC(C)COP(=O)(O)OCC(C)C.CCCCC(CC)CNCC(CC)CCCC. The number of phosphoric ester groups is 1. The van der Waals surface area contributed by atoms with Gasteiger partial charge in [0.25, 0.3) is 0 Å². The maximum Gasteiger partial charge on any atom is 0.472 e. The molecule has 2 atom stereocenters. The molecule has 0 fully saturated rings. The van der Waals surface area contributed by atoms with E-state index in [0.717, 1.165) is 11.8 Å². The summed E-state index contributed by atoms with van der Waals surface area (Å²) in [5.74, 6) is 2.25. The summed E-state index contributed by atoms with van der Waals surface area (Å²) in [5.41, 5.74) is 0. The van der Waals surface area contributed by atoms with E-state index in [1.54, 1.807) is 0 Å². The van der Waals surface area contributed by atoms with E-state index >= 15 is 0 Å². The molecular weight excluding hydrogens is 397 g/mol. The highest BCUT2D eigenvalue weighted by atomic mass is 31.2. The molecule has 2 N–H and O–H groups in total. The van der Waals surface area contributed by atoms with Crippen LogP contribution in [0.5, 0.6) is 0 Å². The van der Waals surface area contributed by atoms with Gasteiger partial charge < -0.3 is 10.2 Å². The Balaban J connectivity index is 0. The molecule has 0 saturated carbocycles. The minimum absolute atomic E-state index is 0.225. The first-order valence-electron chi connectivity index (χ1n) is 12.4. The predicted octanol–water partition coefficient (Wildman–Crippen LogP) is 7.44. The molecule has 0 radical (unpaired) electrons. The van der Waals surface area contributed by atoms with Crippen molar-refractivity contribution in [3.05, 3.63) is 0 Å². The van der Waals surface area contributed by atoms with E-state index in [1.165, 1.54) is 64.5 Å². The van der Waals surface area contributed by atoms with Gasteiger partial charge in [-0.15, -0.1) is 0 Å². The van der Waals surface area contributed by atoms with Crippen molar-refractivity contribution in [3.63, 3.8) is 0 Å². The van der Waals surface area contributed by atoms with Gasteiger partial charge in [-0.3, -0.25) is 9.05 Å². The molecule has 0 spiro atoms. The first kappa shape index (κ1) is 32.3. The Labute approximate surface area is 188 Å². The molecule has 6 heteroatoms. The van der Waals surface area contributed by atoms with Crippen LogP contribution in [0.3, 0.4) is 0 Å². The normalized spacial score (nSPS) is 14.0. The van der Waals surface area contributed by atoms with Crippen LogP contribution in [0.4, 0.5) is 0 Å². The molecule has 0 aliphatic heterocycles. The summed E-state index contributed by atoms with van der Waals surface area (Å²) in [6, 6.07) is 0.